The molecule has 0 radical (unpaired) electrons. The van der Waals surface area contributed by atoms with Crippen molar-refractivity contribution in [2.75, 3.05) is 5.32 Å². The molecule has 0 saturated carbocycles. The van der Waals surface area contributed by atoms with Crippen LogP contribution in [-0.2, 0) is 6.54 Å². The molecule has 120 valence electrons. The maximum Gasteiger partial charge on any atom is 0.271 e. The predicted octanol–water partition coefficient (Wildman–Crippen LogP) is 3.66. The van der Waals surface area contributed by atoms with E-state index in [1.807, 2.05) is 30.3 Å². The summed E-state index contributed by atoms with van der Waals surface area (Å²) < 4.78 is 5.09. The molecule has 0 aliphatic rings. The van der Waals surface area contributed by atoms with Gasteiger partial charge in [0.15, 0.2) is 0 Å². The van der Waals surface area contributed by atoms with Gasteiger partial charge in [-0.25, -0.2) is 5.43 Å². The Morgan fingerprint density at radius 3 is 2.50 bits per heavy atom. The Bertz CT molecular complexity index is 794. The molecule has 5 heteroatoms. The average molecular weight is 319 g/mol. The number of anilines is 1. The van der Waals surface area contributed by atoms with E-state index in [0.717, 1.165) is 12.2 Å². The Labute approximate surface area is 140 Å². The zero-order valence-electron chi connectivity index (χ0n) is 13.0. The van der Waals surface area contributed by atoms with Crippen LogP contribution >= 0.6 is 0 Å². The average Bonchev–Trinajstić information content (AvgIpc) is 3.15. The van der Waals surface area contributed by atoms with Gasteiger partial charge in [0.25, 0.3) is 5.91 Å². The summed E-state index contributed by atoms with van der Waals surface area (Å²) >= 11 is 0. The lowest BCUT2D eigenvalue weighted by molar-refractivity contribution is 0.0955. The van der Waals surface area contributed by atoms with E-state index in [2.05, 4.69) is 28.0 Å². The fourth-order valence-electron chi connectivity index (χ4n) is 2.12. The van der Waals surface area contributed by atoms with E-state index >= 15 is 0 Å². The highest BCUT2D eigenvalue weighted by Gasteiger charge is 2.04. The Kier molecular flexibility index (Phi) is 5.04. The van der Waals surface area contributed by atoms with E-state index in [1.165, 1.54) is 11.8 Å². The van der Waals surface area contributed by atoms with Gasteiger partial charge in [-0.15, -0.1) is 0 Å². The Balaban J connectivity index is 1.52. The van der Waals surface area contributed by atoms with Crippen LogP contribution in [0.1, 0.15) is 21.7 Å². The summed E-state index contributed by atoms with van der Waals surface area (Å²) in [5, 5.41) is 7.17. The number of benzene rings is 2. The number of rotatable bonds is 6. The second kappa shape index (κ2) is 7.78. The topological polar surface area (TPSA) is 66.6 Å². The molecule has 0 aliphatic heterocycles. The van der Waals surface area contributed by atoms with Gasteiger partial charge in [0.2, 0.25) is 0 Å². The summed E-state index contributed by atoms with van der Waals surface area (Å²) in [5.41, 5.74) is 5.16. The van der Waals surface area contributed by atoms with Crippen LogP contribution in [0, 0.1) is 0 Å². The zero-order chi connectivity index (χ0) is 16.6. The maximum absolute atomic E-state index is 12.0. The third kappa shape index (κ3) is 4.33. The standard InChI is InChI=1S/C19H17N3O2/c23-19(22-21-14-18-7-4-12-24-18)16-8-10-17(11-9-16)20-13-15-5-2-1-3-6-15/h1-12,14,20H,13H2,(H,22,23)/b21-14-. The summed E-state index contributed by atoms with van der Waals surface area (Å²) in [6, 6.07) is 20.9. The molecule has 0 spiro atoms. The van der Waals surface area contributed by atoms with Crippen molar-refractivity contribution in [2.45, 2.75) is 6.54 Å². The summed E-state index contributed by atoms with van der Waals surface area (Å²) in [7, 11) is 0. The predicted molar refractivity (Wildman–Crippen MR) is 94.0 cm³/mol. The van der Waals surface area contributed by atoms with Gasteiger partial charge < -0.3 is 9.73 Å². The molecule has 1 heterocycles. The summed E-state index contributed by atoms with van der Waals surface area (Å²) in [5.74, 6) is 0.308. The highest BCUT2D eigenvalue weighted by Crippen LogP contribution is 2.11. The van der Waals surface area contributed by atoms with Gasteiger partial charge in [-0.05, 0) is 42.0 Å². The molecule has 1 amide bonds. The summed E-state index contributed by atoms with van der Waals surface area (Å²) in [4.78, 5) is 12.0. The number of nitrogens with one attached hydrogen (secondary N) is 2. The van der Waals surface area contributed by atoms with Crippen molar-refractivity contribution in [3.63, 3.8) is 0 Å². The van der Waals surface area contributed by atoms with Gasteiger partial charge in [0.1, 0.15) is 5.76 Å². The first kappa shape index (κ1) is 15.6. The number of hydrazone groups is 1. The SMILES string of the molecule is O=C(N/N=C\c1ccco1)c1ccc(NCc2ccccc2)cc1. The molecule has 0 bridgehead atoms. The monoisotopic (exact) mass is 319 g/mol. The van der Waals surface area contributed by atoms with Crippen molar-refractivity contribution in [3.8, 4) is 0 Å². The van der Waals surface area contributed by atoms with Crippen LogP contribution in [0.4, 0.5) is 5.69 Å². The van der Waals surface area contributed by atoms with E-state index in [-0.39, 0.29) is 5.91 Å². The van der Waals surface area contributed by atoms with E-state index in [9.17, 15) is 4.79 Å². The van der Waals surface area contributed by atoms with E-state index in [4.69, 9.17) is 4.42 Å². The molecule has 3 aromatic rings. The minimum absolute atomic E-state index is 0.271. The molecule has 24 heavy (non-hydrogen) atoms. The van der Waals surface area contributed by atoms with Crippen molar-refractivity contribution in [1.29, 1.82) is 0 Å². The fourth-order valence-corrected chi connectivity index (χ4v) is 2.12. The van der Waals surface area contributed by atoms with Gasteiger partial charge in [-0.2, -0.15) is 5.10 Å². The second-order valence-corrected chi connectivity index (χ2v) is 5.13. The number of amides is 1. The first-order valence-corrected chi connectivity index (χ1v) is 7.56. The van der Waals surface area contributed by atoms with Gasteiger partial charge in [0.05, 0.1) is 12.5 Å². The van der Waals surface area contributed by atoms with Crippen LogP contribution in [0.15, 0.2) is 82.5 Å². The van der Waals surface area contributed by atoms with Gasteiger partial charge >= 0.3 is 0 Å². The molecular weight excluding hydrogens is 302 g/mol. The minimum Gasteiger partial charge on any atom is -0.463 e. The largest absolute Gasteiger partial charge is 0.463 e. The molecule has 0 unspecified atom stereocenters. The third-order valence-corrected chi connectivity index (χ3v) is 3.39. The van der Waals surface area contributed by atoms with E-state index in [1.54, 1.807) is 30.5 Å². The van der Waals surface area contributed by atoms with Crippen molar-refractivity contribution in [2.24, 2.45) is 5.10 Å². The highest BCUT2D eigenvalue weighted by molar-refractivity contribution is 5.95. The number of nitrogens with zero attached hydrogens (tertiary/aromatic N) is 1. The van der Waals surface area contributed by atoms with Crippen molar-refractivity contribution >= 4 is 17.8 Å². The van der Waals surface area contributed by atoms with E-state index < -0.39 is 0 Å². The first-order valence-electron chi connectivity index (χ1n) is 7.56. The van der Waals surface area contributed by atoms with Crippen molar-refractivity contribution in [3.05, 3.63) is 89.9 Å². The van der Waals surface area contributed by atoms with Gasteiger partial charge in [0, 0.05) is 17.8 Å². The molecule has 2 N–H and O–H groups in total. The molecule has 3 rings (SSSR count). The third-order valence-electron chi connectivity index (χ3n) is 3.39. The molecule has 5 nitrogen and oxygen atoms in total. The normalized spacial score (nSPS) is 10.7. The quantitative estimate of drug-likeness (QED) is 0.538. The second-order valence-electron chi connectivity index (χ2n) is 5.13. The first-order chi connectivity index (χ1) is 11.8. The van der Waals surface area contributed by atoms with E-state index in [0.29, 0.717) is 11.3 Å². The van der Waals surface area contributed by atoms with Crippen LogP contribution in [0.2, 0.25) is 0 Å². The number of hydrogen-bond acceptors (Lipinski definition) is 4. The Morgan fingerprint density at radius 1 is 1.00 bits per heavy atom. The van der Waals surface area contributed by atoms with Crippen molar-refractivity contribution in [1.82, 2.24) is 5.43 Å². The maximum atomic E-state index is 12.0. The summed E-state index contributed by atoms with van der Waals surface area (Å²) in [6.45, 7) is 0.736. The van der Waals surface area contributed by atoms with Crippen LogP contribution in [0.5, 0.6) is 0 Å². The number of carbonyl (C=O) groups is 1. The van der Waals surface area contributed by atoms with Crippen LogP contribution < -0.4 is 10.7 Å². The fraction of sp³-hybridized carbons (Fsp3) is 0.0526. The molecule has 1 aromatic heterocycles. The molecule has 0 aliphatic carbocycles. The lowest BCUT2D eigenvalue weighted by Gasteiger charge is -2.07. The number of carbonyl (C=O) groups excluding carboxylic acids is 1. The lowest BCUT2D eigenvalue weighted by atomic mass is 10.2. The summed E-state index contributed by atoms with van der Waals surface area (Å²) in [6.07, 6.45) is 3.00. The minimum atomic E-state index is -0.271. The molecule has 0 saturated heterocycles. The molecular formula is C19H17N3O2. The van der Waals surface area contributed by atoms with Crippen molar-refractivity contribution < 1.29 is 9.21 Å². The van der Waals surface area contributed by atoms with Gasteiger partial charge in [-0.3, -0.25) is 4.79 Å². The molecule has 2 aromatic carbocycles. The number of hydrogen-bond donors (Lipinski definition) is 2. The molecule has 0 atom stereocenters. The zero-order valence-corrected chi connectivity index (χ0v) is 13.0. The molecule has 0 fully saturated rings. The lowest BCUT2D eigenvalue weighted by Crippen LogP contribution is -2.17. The smallest absolute Gasteiger partial charge is 0.271 e. The Morgan fingerprint density at radius 2 is 1.79 bits per heavy atom. The van der Waals surface area contributed by atoms with Gasteiger partial charge in [-0.1, -0.05) is 30.3 Å². The highest BCUT2D eigenvalue weighted by atomic mass is 16.3. The van der Waals surface area contributed by atoms with Crippen LogP contribution in [-0.4, -0.2) is 12.1 Å². The van der Waals surface area contributed by atoms with Crippen LogP contribution in [0.3, 0.4) is 0 Å². The van der Waals surface area contributed by atoms with Crippen LogP contribution in [0.25, 0.3) is 0 Å². The Hall–Kier alpha value is -3.34. The number of furan rings is 1.